The van der Waals surface area contributed by atoms with Crippen LogP contribution in [0.3, 0.4) is 0 Å². The maximum Gasteiger partial charge on any atom is 0.0963 e. The van der Waals surface area contributed by atoms with Gasteiger partial charge >= 0.3 is 0 Å². The van der Waals surface area contributed by atoms with Gasteiger partial charge in [0.1, 0.15) is 0 Å². The highest BCUT2D eigenvalue weighted by Crippen LogP contribution is 2.30. The highest BCUT2D eigenvalue weighted by molar-refractivity contribution is 6.06. The van der Waals surface area contributed by atoms with Crippen LogP contribution in [0.1, 0.15) is 12.5 Å². The summed E-state index contributed by atoms with van der Waals surface area (Å²) in [6.07, 6.45) is 5.82. The molecule has 0 radical (unpaired) electrons. The van der Waals surface area contributed by atoms with E-state index in [1.165, 1.54) is 16.5 Å². The van der Waals surface area contributed by atoms with Crippen LogP contribution >= 0.6 is 0 Å². The van der Waals surface area contributed by atoms with Gasteiger partial charge in [0, 0.05) is 17.3 Å². The first kappa shape index (κ1) is 14.5. The highest BCUT2D eigenvalue weighted by atomic mass is 15.0. The Morgan fingerprint density at radius 3 is 2.46 bits per heavy atom. The summed E-state index contributed by atoms with van der Waals surface area (Å²) in [6.45, 7) is 5.91. The zero-order chi connectivity index (χ0) is 16.5. The van der Waals surface area contributed by atoms with Crippen molar-refractivity contribution in [2.45, 2.75) is 6.92 Å². The fraction of sp³-hybridized carbons (Fsp3) is 0.0455. The molecule has 0 atom stereocenters. The predicted molar refractivity (Wildman–Crippen MR) is 102 cm³/mol. The lowest BCUT2D eigenvalue weighted by atomic mass is 10.1. The number of hydrogen-bond donors (Lipinski definition) is 0. The molecule has 0 aliphatic heterocycles. The SMILES string of the molecule is C=C/C(=C\C)c1ccc(-n2c3ccccc3c3ncccc32)cc1. The van der Waals surface area contributed by atoms with E-state index in [1.807, 2.05) is 25.3 Å². The van der Waals surface area contributed by atoms with Gasteiger partial charge in [-0.1, -0.05) is 49.1 Å². The van der Waals surface area contributed by atoms with Crippen LogP contribution in [0.4, 0.5) is 0 Å². The van der Waals surface area contributed by atoms with E-state index in [2.05, 4.69) is 76.8 Å². The third-order valence-corrected chi connectivity index (χ3v) is 4.42. The van der Waals surface area contributed by atoms with Crippen LogP contribution < -0.4 is 0 Å². The maximum atomic E-state index is 4.58. The Labute approximate surface area is 141 Å². The van der Waals surface area contributed by atoms with Gasteiger partial charge in [-0.3, -0.25) is 4.98 Å². The molecular formula is C22H18N2. The fourth-order valence-electron chi connectivity index (χ4n) is 3.27. The molecule has 4 aromatic rings. The number of rotatable bonds is 3. The first-order valence-corrected chi connectivity index (χ1v) is 8.07. The number of allylic oxidation sites excluding steroid dienone is 3. The van der Waals surface area contributed by atoms with Gasteiger partial charge in [0.05, 0.1) is 16.6 Å². The van der Waals surface area contributed by atoms with Crippen molar-refractivity contribution in [3.05, 3.63) is 91.2 Å². The molecule has 0 spiro atoms. The van der Waals surface area contributed by atoms with Crippen LogP contribution in [0.15, 0.2) is 85.6 Å². The number of hydrogen-bond acceptors (Lipinski definition) is 1. The van der Waals surface area contributed by atoms with Gasteiger partial charge in [-0.05, 0) is 48.4 Å². The van der Waals surface area contributed by atoms with Crippen LogP contribution in [0, 0.1) is 0 Å². The van der Waals surface area contributed by atoms with Gasteiger partial charge in [-0.2, -0.15) is 0 Å². The van der Waals surface area contributed by atoms with Crippen LogP contribution in [0.25, 0.3) is 33.2 Å². The minimum Gasteiger partial charge on any atom is -0.308 e. The largest absolute Gasteiger partial charge is 0.308 e. The first-order valence-electron chi connectivity index (χ1n) is 8.07. The van der Waals surface area contributed by atoms with Gasteiger partial charge in [0.15, 0.2) is 0 Å². The Kier molecular flexibility index (Phi) is 3.51. The summed E-state index contributed by atoms with van der Waals surface area (Å²) in [4.78, 5) is 4.58. The molecular weight excluding hydrogens is 292 g/mol. The molecule has 0 aliphatic rings. The van der Waals surface area contributed by atoms with E-state index in [1.54, 1.807) is 0 Å². The average molecular weight is 310 g/mol. The van der Waals surface area contributed by atoms with Crippen LogP contribution in [-0.4, -0.2) is 9.55 Å². The Hall–Kier alpha value is -3.13. The number of nitrogens with zero attached hydrogens (tertiary/aromatic N) is 2. The summed E-state index contributed by atoms with van der Waals surface area (Å²) < 4.78 is 2.27. The molecule has 116 valence electrons. The summed E-state index contributed by atoms with van der Waals surface area (Å²) in [5.41, 5.74) is 6.80. The van der Waals surface area contributed by atoms with Crippen molar-refractivity contribution in [3.8, 4) is 5.69 Å². The number of pyridine rings is 1. The van der Waals surface area contributed by atoms with Crippen molar-refractivity contribution in [1.82, 2.24) is 9.55 Å². The van der Waals surface area contributed by atoms with E-state index >= 15 is 0 Å². The van der Waals surface area contributed by atoms with Gasteiger partial charge < -0.3 is 4.57 Å². The van der Waals surface area contributed by atoms with Gasteiger partial charge in [0.2, 0.25) is 0 Å². The van der Waals surface area contributed by atoms with Crippen LogP contribution in [-0.2, 0) is 0 Å². The molecule has 2 aromatic heterocycles. The Morgan fingerprint density at radius 2 is 1.71 bits per heavy atom. The van der Waals surface area contributed by atoms with Crippen molar-refractivity contribution >= 4 is 27.5 Å². The smallest absolute Gasteiger partial charge is 0.0963 e. The van der Waals surface area contributed by atoms with Crippen LogP contribution in [0.2, 0.25) is 0 Å². The first-order chi connectivity index (χ1) is 11.8. The molecule has 2 heterocycles. The molecule has 0 unspecified atom stereocenters. The second kappa shape index (κ2) is 5.82. The number of fused-ring (bicyclic) bond motifs is 3. The molecule has 0 bridgehead atoms. The highest BCUT2D eigenvalue weighted by Gasteiger charge is 2.12. The minimum absolute atomic E-state index is 1.04. The van der Waals surface area contributed by atoms with E-state index in [-0.39, 0.29) is 0 Å². The number of para-hydroxylation sites is 1. The normalized spacial score (nSPS) is 12.0. The number of benzene rings is 2. The molecule has 0 aliphatic carbocycles. The van der Waals surface area contributed by atoms with Gasteiger partial charge in [-0.15, -0.1) is 0 Å². The zero-order valence-electron chi connectivity index (χ0n) is 13.6. The Balaban J connectivity index is 1.97. The van der Waals surface area contributed by atoms with Crippen molar-refractivity contribution in [1.29, 1.82) is 0 Å². The van der Waals surface area contributed by atoms with E-state index in [0.717, 1.165) is 22.3 Å². The monoisotopic (exact) mass is 310 g/mol. The molecule has 0 saturated carbocycles. The predicted octanol–water partition coefficient (Wildman–Crippen LogP) is 5.77. The van der Waals surface area contributed by atoms with E-state index in [9.17, 15) is 0 Å². The van der Waals surface area contributed by atoms with Gasteiger partial charge in [0.25, 0.3) is 0 Å². The lowest BCUT2D eigenvalue weighted by Crippen LogP contribution is -1.94. The standard InChI is InChI=1S/C22H18N2/c1-3-16(4-2)17-11-13-18(14-12-17)24-20-9-6-5-8-19(20)22-21(24)10-7-15-23-22/h3-15H,1H2,2H3/b16-4+. The number of aromatic nitrogens is 2. The van der Waals surface area contributed by atoms with E-state index < -0.39 is 0 Å². The summed E-state index contributed by atoms with van der Waals surface area (Å²) in [5, 5.41) is 1.18. The van der Waals surface area contributed by atoms with Crippen molar-refractivity contribution in [2.75, 3.05) is 0 Å². The maximum absolute atomic E-state index is 4.58. The minimum atomic E-state index is 1.04. The van der Waals surface area contributed by atoms with E-state index in [0.29, 0.717) is 0 Å². The second-order valence-electron chi connectivity index (χ2n) is 5.72. The molecule has 2 aromatic carbocycles. The average Bonchev–Trinajstić information content (AvgIpc) is 2.98. The zero-order valence-corrected chi connectivity index (χ0v) is 13.6. The quantitative estimate of drug-likeness (QED) is 0.439. The topological polar surface area (TPSA) is 17.8 Å². The molecule has 4 rings (SSSR count). The second-order valence-corrected chi connectivity index (χ2v) is 5.72. The molecule has 0 amide bonds. The van der Waals surface area contributed by atoms with Crippen molar-refractivity contribution < 1.29 is 0 Å². The summed E-state index contributed by atoms with van der Waals surface area (Å²) >= 11 is 0. The molecule has 2 nitrogen and oxygen atoms in total. The van der Waals surface area contributed by atoms with Gasteiger partial charge in [-0.25, -0.2) is 0 Å². The van der Waals surface area contributed by atoms with Crippen molar-refractivity contribution in [3.63, 3.8) is 0 Å². The molecule has 0 fully saturated rings. The third kappa shape index (κ3) is 2.16. The summed E-state index contributed by atoms with van der Waals surface area (Å²) in [5.74, 6) is 0. The third-order valence-electron chi connectivity index (χ3n) is 4.42. The Morgan fingerprint density at radius 1 is 0.958 bits per heavy atom. The lowest BCUT2D eigenvalue weighted by Gasteiger charge is -2.09. The molecule has 2 heteroatoms. The molecule has 0 N–H and O–H groups in total. The molecule has 0 saturated heterocycles. The summed E-state index contributed by atoms with van der Waals surface area (Å²) in [6, 6.07) is 21.1. The molecule has 24 heavy (non-hydrogen) atoms. The fourth-order valence-corrected chi connectivity index (χ4v) is 3.27. The van der Waals surface area contributed by atoms with Crippen molar-refractivity contribution in [2.24, 2.45) is 0 Å². The lowest BCUT2D eigenvalue weighted by molar-refractivity contribution is 1.17. The van der Waals surface area contributed by atoms with E-state index in [4.69, 9.17) is 0 Å². The van der Waals surface area contributed by atoms with Crippen LogP contribution in [0.5, 0.6) is 0 Å². The Bertz CT molecular complexity index is 1010. The summed E-state index contributed by atoms with van der Waals surface area (Å²) in [7, 11) is 0.